The third-order valence-electron chi connectivity index (χ3n) is 5.44. The van der Waals surface area contributed by atoms with Gasteiger partial charge in [-0.25, -0.2) is 0 Å². The Morgan fingerprint density at radius 3 is 2.52 bits per heavy atom. The first-order valence-corrected chi connectivity index (χ1v) is 8.09. The molecule has 3 nitrogen and oxygen atoms in total. The van der Waals surface area contributed by atoms with Crippen LogP contribution >= 0.6 is 0 Å². The summed E-state index contributed by atoms with van der Waals surface area (Å²) in [4.78, 5) is 17.1. The standard InChI is InChI=1S/C18H26N2O/c1-15-5-3-4-6-16(15)13-17(21)20-12-9-18(14-20)7-10-19(2)11-8-18/h3-6H,7-14H2,1-2H3. The smallest absolute Gasteiger partial charge is 0.227 e. The predicted octanol–water partition coefficient (Wildman–Crippen LogP) is 2.48. The van der Waals surface area contributed by atoms with Crippen LogP contribution in [0.1, 0.15) is 30.4 Å². The second-order valence-electron chi connectivity index (χ2n) is 6.97. The molecule has 1 spiro atoms. The number of nitrogens with zero attached hydrogens (tertiary/aromatic N) is 2. The molecule has 21 heavy (non-hydrogen) atoms. The highest BCUT2D eigenvalue weighted by atomic mass is 16.2. The summed E-state index contributed by atoms with van der Waals surface area (Å²) >= 11 is 0. The zero-order valence-electron chi connectivity index (χ0n) is 13.3. The van der Waals surface area contributed by atoms with E-state index in [1.54, 1.807) is 0 Å². The fourth-order valence-corrected chi connectivity index (χ4v) is 3.73. The average molecular weight is 286 g/mol. The third kappa shape index (κ3) is 3.13. The van der Waals surface area contributed by atoms with E-state index >= 15 is 0 Å². The van der Waals surface area contributed by atoms with E-state index in [-0.39, 0.29) is 0 Å². The first-order valence-electron chi connectivity index (χ1n) is 8.09. The van der Waals surface area contributed by atoms with Gasteiger partial charge in [0.2, 0.25) is 5.91 Å². The van der Waals surface area contributed by atoms with Crippen molar-refractivity contribution in [2.24, 2.45) is 5.41 Å². The number of carbonyl (C=O) groups excluding carboxylic acids is 1. The second kappa shape index (κ2) is 5.80. The van der Waals surface area contributed by atoms with Crippen molar-refractivity contribution in [2.45, 2.75) is 32.6 Å². The monoisotopic (exact) mass is 286 g/mol. The Kier molecular flexibility index (Phi) is 4.03. The number of hydrogen-bond acceptors (Lipinski definition) is 2. The van der Waals surface area contributed by atoms with Crippen molar-refractivity contribution < 1.29 is 4.79 Å². The number of hydrogen-bond donors (Lipinski definition) is 0. The van der Waals surface area contributed by atoms with Crippen molar-refractivity contribution in [1.29, 1.82) is 0 Å². The summed E-state index contributed by atoms with van der Waals surface area (Å²) in [6, 6.07) is 8.23. The van der Waals surface area contributed by atoms with Crippen molar-refractivity contribution in [1.82, 2.24) is 9.80 Å². The summed E-state index contributed by atoms with van der Waals surface area (Å²) < 4.78 is 0. The van der Waals surface area contributed by atoms with E-state index in [4.69, 9.17) is 0 Å². The molecule has 2 saturated heterocycles. The Balaban J connectivity index is 1.61. The minimum Gasteiger partial charge on any atom is -0.342 e. The maximum Gasteiger partial charge on any atom is 0.227 e. The lowest BCUT2D eigenvalue weighted by Gasteiger charge is -2.37. The molecule has 2 aliphatic heterocycles. The van der Waals surface area contributed by atoms with Crippen LogP contribution in [-0.4, -0.2) is 48.9 Å². The number of piperidine rings is 1. The lowest BCUT2D eigenvalue weighted by molar-refractivity contribution is -0.130. The molecule has 114 valence electrons. The molecule has 3 heteroatoms. The molecule has 2 heterocycles. The van der Waals surface area contributed by atoms with Gasteiger partial charge in [-0.05, 0) is 62.9 Å². The van der Waals surface area contributed by atoms with Gasteiger partial charge in [0.25, 0.3) is 0 Å². The van der Waals surface area contributed by atoms with E-state index in [2.05, 4.69) is 35.9 Å². The second-order valence-corrected chi connectivity index (χ2v) is 6.97. The van der Waals surface area contributed by atoms with Crippen molar-refractivity contribution in [3.63, 3.8) is 0 Å². The zero-order chi connectivity index (χ0) is 14.9. The summed E-state index contributed by atoms with van der Waals surface area (Å²) in [5.74, 6) is 0.306. The van der Waals surface area contributed by atoms with Crippen LogP contribution in [0.5, 0.6) is 0 Å². The number of benzene rings is 1. The molecule has 0 aliphatic carbocycles. The summed E-state index contributed by atoms with van der Waals surface area (Å²) in [5, 5.41) is 0. The SMILES string of the molecule is Cc1ccccc1CC(=O)N1CCC2(CCN(C)CC2)C1. The van der Waals surface area contributed by atoms with Gasteiger partial charge in [0.15, 0.2) is 0 Å². The van der Waals surface area contributed by atoms with Crippen LogP contribution in [0.15, 0.2) is 24.3 Å². The Morgan fingerprint density at radius 2 is 1.81 bits per heavy atom. The van der Waals surface area contributed by atoms with Crippen LogP contribution in [0.2, 0.25) is 0 Å². The van der Waals surface area contributed by atoms with Gasteiger partial charge in [0.1, 0.15) is 0 Å². The molecule has 0 unspecified atom stereocenters. The van der Waals surface area contributed by atoms with Crippen LogP contribution in [0.25, 0.3) is 0 Å². The number of aryl methyl sites for hydroxylation is 1. The van der Waals surface area contributed by atoms with E-state index in [0.717, 1.165) is 13.1 Å². The number of amides is 1. The average Bonchev–Trinajstić information content (AvgIpc) is 2.89. The van der Waals surface area contributed by atoms with Crippen LogP contribution in [0.3, 0.4) is 0 Å². The summed E-state index contributed by atoms with van der Waals surface area (Å²) in [5.41, 5.74) is 2.80. The van der Waals surface area contributed by atoms with Crippen LogP contribution in [-0.2, 0) is 11.2 Å². The van der Waals surface area contributed by atoms with E-state index in [1.165, 1.54) is 43.5 Å². The van der Waals surface area contributed by atoms with Crippen LogP contribution < -0.4 is 0 Å². The van der Waals surface area contributed by atoms with E-state index in [0.29, 0.717) is 17.7 Å². The highest BCUT2D eigenvalue weighted by Gasteiger charge is 2.41. The molecule has 2 fully saturated rings. The van der Waals surface area contributed by atoms with Crippen LogP contribution in [0.4, 0.5) is 0 Å². The summed E-state index contributed by atoms with van der Waals surface area (Å²) in [7, 11) is 2.20. The Hall–Kier alpha value is -1.35. The lowest BCUT2D eigenvalue weighted by atomic mass is 9.78. The minimum absolute atomic E-state index is 0.306. The molecule has 2 aliphatic rings. The van der Waals surface area contributed by atoms with Crippen molar-refractivity contribution in [3.8, 4) is 0 Å². The Morgan fingerprint density at radius 1 is 1.14 bits per heavy atom. The fraction of sp³-hybridized carbons (Fsp3) is 0.611. The summed E-state index contributed by atoms with van der Waals surface area (Å²) in [6.07, 6.45) is 4.25. The first kappa shape index (κ1) is 14.6. The molecule has 1 amide bonds. The maximum atomic E-state index is 12.6. The van der Waals surface area contributed by atoms with Gasteiger partial charge in [0, 0.05) is 13.1 Å². The highest BCUT2D eigenvalue weighted by Crippen LogP contribution is 2.40. The zero-order valence-corrected chi connectivity index (χ0v) is 13.3. The number of carbonyl (C=O) groups is 1. The quantitative estimate of drug-likeness (QED) is 0.834. The number of likely N-dealkylation sites (tertiary alicyclic amines) is 2. The van der Waals surface area contributed by atoms with Crippen molar-refractivity contribution >= 4 is 5.91 Å². The Labute approximate surface area is 127 Å². The maximum absolute atomic E-state index is 12.6. The summed E-state index contributed by atoms with van der Waals surface area (Å²) in [6.45, 7) is 6.38. The number of rotatable bonds is 2. The molecule has 1 aromatic carbocycles. The Bertz CT molecular complexity index is 518. The topological polar surface area (TPSA) is 23.6 Å². The molecule has 0 bridgehead atoms. The largest absolute Gasteiger partial charge is 0.342 e. The lowest BCUT2D eigenvalue weighted by Crippen LogP contribution is -2.40. The minimum atomic E-state index is 0.306. The van der Waals surface area contributed by atoms with Gasteiger partial charge in [-0.3, -0.25) is 4.79 Å². The molecular weight excluding hydrogens is 260 g/mol. The molecule has 0 atom stereocenters. The molecule has 0 aromatic heterocycles. The fourth-order valence-electron chi connectivity index (χ4n) is 3.73. The molecule has 3 rings (SSSR count). The molecular formula is C18H26N2O. The molecule has 0 N–H and O–H groups in total. The highest BCUT2D eigenvalue weighted by molar-refractivity contribution is 5.79. The van der Waals surface area contributed by atoms with E-state index in [1.807, 2.05) is 12.1 Å². The van der Waals surface area contributed by atoms with Gasteiger partial charge in [0.05, 0.1) is 6.42 Å². The molecule has 0 radical (unpaired) electrons. The van der Waals surface area contributed by atoms with Crippen molar-refractivity contribution in [2.75, 3.05) is 33.2 Å². The van der Waals surface area contributed by atoms with Gasteiger partial charge < -0.3 is 9.80 Å². The van der Waals surface area contributed by atoms with Gasteiger partial charge in [-0.15, -0.1) is 0 Å². The predicted molar refractivity (Wildman–Crippen MR) is 85.2 cm³/mol. The van der Waals surface area contributed by atoms with Gasteiger partial charge >= 0.3 is 0 Å². The third-order valence-corrected chi connectivity index (χ3v) is 5.44. The van der Waals surface area contributed by atoms with E-state index in [9.17, 15) is 4.79 Å². The van der Waals surface area contributed by atoms with Gasteiger partial charge in [-0.1, -0.05) is 24.3 Å². The van der Waals surface area contributed by atoms with Crippen LogP contribution in [0, 0.1) is 12.3 Å². The normalized spacial score (nSPS) is 21.9. The van der Waals surface area contributed by atoms with Gasteiger partial charge in [-0.2, -0.15) is 0 Å². The van der Waals surface area contributed by atoms with Crippen molar-refractivity contribution in [3.05, 3.63) is 35.4 Å². The molecule has 1 aromatic rings. The van der Waals surface area contributed by atoms with E-state index < -0.39 is 0 Å². The first-order chi connectivity index (χ1) is 10.1. The molecule has 0 saturated carbocycles.